The van der Waals surface area contributed by atoms with Crippen LogP contribution >= 0.6 is 0 Å². The van der Waals surface area contributed by atoms with E-state index in [0.29, 0.717) is 0 Å². The average Bonchev–Trinajstić information content (AvgIpc) is 2.03. The summed E-state index contributed by atoms with van der Waals surface area (Å²) in [5.41, 5.74) is 0. The molecule has 1 unspecified atom stereocenters. The van der Waals surface area contributed by atoms with Crippen molar-refractivity contribution in [3.05, 3.63) is 0 Å². The quantitative estimate of drug-likeness (QED) is 0.701. The number of ether oxygens (including phenoxy) is 1. The number of carbonyl (C=O) groups is 2. The largest absolute Gasteiger partial charge is 0.481 e. The number of hydrogen-bond donors (Lipinski definition) is 2. The van der Waals surface area contributed by atoms with E-state index in [1.165, 1.54) is 0 Å². The second-order valence-electron chi connectivity index (χ2n) is 3.29. The van der Waals surface area contributed by atoms with E-state index >= 15 is 0 Å². The number of rotatable bonds is 5. The van der Waals surface area contributed by atoms with E-state index in [2.05, 4.69) is 10.1 Å². The molecule has 0 aromatic carbocycles. The highest BCUT2D eigenvalue weighted by atomic mass is 16.5. The Labute approximate surface area is 83.4 Å². The summed E-state index contributed by atoms with van der Waals surface area (Å²) in [5, 5.41) is 11.2. The smallest absolute Gasteiger partial charge is 0.407 e. The summed E-state index contributed by atoms with van der Waals surface area (Å²) >= 11 is 0. The van der Waals surface area contributed by atoms with Crippen molar-refractivity contribution in [2.24, 2.45) is 11.8 Å². The Morgan fingerprint density at radius 2 is 2.00 bits per heavy atom. The molecule has 82 valence electrons. The fourth-order valence-corrected chi connectivity index (χ4v) is 0.984. The minimum Gasteiger partial charge on any atom is -0.481 e. The van der Waals surface area contributed by atoms with Gasteiger partial charge in [-0.3, -0.25) is 4.79 Å². The molecule has 0 aliphatic rings. The number of hydrogen-bond acceptors (Lipinski definition) is 3. The Bertz CT molecular complexity index is 203. The molecule has 1 atom stereocenters. The Morgan fingerprint density at radius 1 is 1.43 bits per heavy atom. The van der Waals surface area contributed by atoms with Gasteiger partial charge < -0.3 is 15.2 Å². The summed E-state index contributed by atoms with van der Waals surface area (Å²) in [6, 6.07) is 0. The summed E-state index contributed by atoms with van der Waals surface area (Å²) < 4.78 is 4.61. The van der Waals surface area contributed by atoms with Crippen molar-refractivity contribution >= 4 is 12.1 Å². The van der Waals surface area contributed by atoms with Gasteiger partial charge in [-0.2, -0.15) is 0 Å². The zero-order valence-corrected chi connectivity index (χ0v) is 8.74. The van der Waals surface area contributed by atoms with Crippen LogP contribution in [0.2, 0.25) is 0 Å². The molecule has 1 amide bonds. The number of carboxylic acids is 1. The first-order valence-corrected chi connectivity index (χ1v) is 4.62. The molecular formula is C9H17NO4. The summed E-state index contributed by atoms with van der Waals surface area (Å²) in [4.78, 5) is 21.6. The molecule has 0 saturated carbocycles. The van der Waals surface area contributed by atoms with Gasteiger partial charge in [0.05, 0.1) is 12.5 Å². The Morgan fingerprint density at radius 3 is 2.36 bits per heavy atom. The van der Waals surface area contributed by atoms with Crippen molar-refractivity contribution in [2.75, 3.05) is 13.2 Å². The molecule has 0 heterocycles. The third-order valence-corrected chi connectivity index (χ3v) is 1.86. The molecule has 5 heteroatoms. The number of carbonyl (C=O) groups excluding carboxylic acids is 1. The van der Waals surface area contributed by atoms with Crippen molar-refractivity contribution in [1.29, 1.82) is 0 Å². The number of alkyl carbamates (subject to hydrolysis) is 1. The Hall–Kier alpha value is -1.26. The SMILES string of the molecule is CCOC(=O)NCC(C(=O)O)C(C)C. The average molecular weight is 203 g/mol. The van der Waals surface area contributed by atoms with E-state index in [-0.39, 0.29) is 19.1 Å². The third-order valence-electron chi connectivity index (χ3n) is 1.86. The maximum atomic E-state index is 10.9. The van der Waals surface area contributed by atoms with Gasteiger partial charge in [-0.05, 0) is 12.8 Å². The van der Waals surface area contributed by atoms with E-state index in [4.69, 9.17) is 5.11 Å². The minimum absolute atomic E-state index is 0.0190. The lowest BCUT2D eigenvalue weighted by Gasteiger charge is -2.16. The predicted molar refractivity (Wildman–Crippen MR) is 51.0 cm³/mol. The van der Waals surface area contributed by atoms with Crippen LogP contribution in [0.1, 0.15) is 20.8 Å². The Kier molecular flexibility index (Phi) is 5.67. The predicted octanol–water partition coefficient (Wildman–Crippen LogP) is 1.09. The molecule has 0 aliphatic carbocycles. The minimum atomic E-state index is -0.906. The van der Waals surface area contributed by atoms with E-state index in [9.17, 15) is 9.59 Å². The van der Waals surface area contributed by atoms with Gasteiger partial charge in [0.15, 0.2) is 0 Å². The molecule has 0 fully saturated rings. The van der Waals surface area contributed by atoms with Crippen molar-refractivity contribution in [3.63, 3.8) is 0 Å². The zero-order chi connectivity index (χ0) is 11.1. The van der Waals surface area contributed by atoms with Gasteiger partial charge in [0.1, 0.15) is 0 Å². The van der Waals surface area contributed by atoms with Crippen LogP contribution in [0.5, 0.6) is 0 Å². The van der Waals surface area contributed by atoms with E-state index in [0.717, 1.165) is 0 Å². The molecule has 0 aromatic rings. The van der Waals surface area contributed by atoms with E-state index in [1.54, 1.807) is 20.8 Å². The summed E-state index contributed by atoms with van der Waals surface area (Å²) in [5.74, 6) is -1.49. The first-order valence-electron chi connectivity index (χ1n) is 4.62. The van der Waals surface area contributed by atoms with Gasteiger partial charge in [-0.15, -0.1) is 0 Å². The first-order chi connectivity index (χ1) is 6.49. The van der Waals surface area contributed by atoms with Crippen LogP contribution < -0.4 is 5.32 Å². The molecular weight excluding hydrogens is 186 g/mol. The maximum absolute atomic E-state index is 10.9. The monoisotopic (exact) mass is 203 g/mol. The number of aliphatic carboxylic acids is 1. The molecule has 0 bridgehead atoms. The van der Waals surface area contributed by atoms with Crippen molar-refractivity contribution < 1.29 is 19.4 Å². The van der Waals surface area contributed by atoms with Gasteiger partial charge in [-0.25, -0.2) is 4.79 Å². The summed E-state index contributed by atoms with van der Waals surface area (Å²) in [6.07, 6.45) is -0.570. The number of amides is 1. The lowest BCUT2D eigenvalue weighted by molar-refractivity contribution is -0.142. The normalized spacial score (nSPS) is 12.3. The summed E-state index contributed by atoms with van der Waals surface area (Å²) in [7, 11) is 0. The van der Waals surface area contributed by atoms with Gasteiger partial charge in [0.25, 0.3) is 0 Å². The molecule has 0 saturated heterocycles. The number of carboxylic acid groups (broad SMARTS) is 1. The van der Waals surface area contributed by atoms with Gasteiger partial charge in [0, 0.05) is 6.54 Å². The highest BCUT2D eigenvalue weighted by Crippen LogP contribution is 2.09. The molecule has 0 rings (SSSR count). The second-order valence-corrected chi connectivity index (χ2v) is 3.29. The fourth-order valence-electron chi connectivity index (χ4n) is 0.984. The fraction of sp³-hybridized carbons (Fsp3) is 0.778. The first kappa shape index (κ1) is 12.7. The zero-order valence-electron chi connectivity index (χ0n) is 8.74. The maximum Gasteiger partial charge on any atom is 0.407 e. The van der Waals surface area contributed by atoms with Crippen molar-refractivity contribution in [2.45, 2.75) is 20.8 Å². The molecule has 0 radical (unpaired) electrons. The van der Waals surface area contributed by atoms with Crippen LogP contribution in [-0.4, -0.2) is 30.3 Å². The van der Waals surface area contributed by atoms with E-state index < -0.39 is 18.0 Å². The second kappa shape index (κ2) is 6.23. The molecule has 2 N–H and O–H groups in total. The molecule has 14 heavy (non-hydrogen) atoms. The van der Waals surface area contributed by atoms with Crippen molar-refractivity contribution in [3.8, 4) is 0 Å². The van der Waals surface area contributed by atoms with Gasteiger partial charge in [-0.1, -0.05) is 13.8 Å². The molecule has 0 aliphatic heterocycles. The van der Waals surface area contributed by atoms with Gasteiger partial charge in [0.2, 0.25) is 0 Å². The Balaban J connectivity index is 3.94. The highest BCUT2D eigenvalue weighted by Gasteiger charge is 2.21. The topological polar surface area (TPSA) is 75.6 Å². The standard InChI is InChI=1S/C9H17NO4/c1-4-14-9(13)10-5-7(6(2)3)8(11)12/h6-7H,4-5H2,1-3H3,(H,10,13)(H,11,12). The van der Waals surface area contributed by atoms with Crippen molar-refractivity contribution in [1.82, 2.24) is 5.32 Å². The van der Waals surface area contributed by atoms with Crippen LogP contribution in [0.25, 0.3) is 0 Å². The lowest BCUT2D eigenvalue weighted by atomic mass is 9.96. The highest BCUT2D eigenvalue weighted by molar-refractivity contribution is 5.72. The van der Waals surface area contributed by atoms with Gasteiger partial charge >= 0.3 is 12.1 Å². The van der Waals surface area contributed by atoms with Crippen LogP contribution in [0, 0.1) is 11.8 Å². The number of nitrogens with one attached hydrogen (secondary N) is 1. The lowest BCUT2D eigenvalue weighted by Crippen LogP contribution is -2.35. The van der Waals surface area contributed by atoms with E-state index in [1.807, 2.05) is 0 Å². The van der Waals surface area contributed by atoms with Crippen LogP contribution in [0.4, 0.5) is 4.79 Å². The van der Waals surface area contributed by atoms with Crippen LogP contribution in [-0.2, 0) is 9.53 Å². The van der Waals surface area contributed by atoms with Crippen LogP contribution in [0.15, 0.2) is 0 Å². The van der Waals surface area contributed by atoms with Crippen LogP contribution in [0.3, 0.4) is 0 Å². The molecule has 0 spiro atoms. The molecule has 0 aromatic heterocycles. The third kappa shape index (κ3) is 4.69. The molecule has 5 nitrogen and oxygen atoms in total. The summed E-state index contributed by atoms with van der Waals surface area (Å²) in [6.45, 7) is 5.67.